The molecule has 0 aromatic carbocycles. The minimum Gasteiger partial charge on any atom is -0.463 e. The molecule has 148 valence electrons. The van der Waals surface area contributed by atoms with E-state index >= 15 is 0 Å². The van der Waals surface area contributed by atoms with Gasteiger partial charge < -0.3 is 29.1 Å². The Hall–Kier alpha value is -2.54. The normalized spacial score (nSPS) is 24.3. The summed E-state index contributed by atoms with van der Waals surface area (Å²) in [4.78, 5) is 48.6. The van der Waals surface area contributed by atoms with Crippen LogP contribution >= 0.6 is 15.9 Å². The van der Waals surface area contributed by atoms with Crippen LogP contribution in [0, 0.1) is 10.1 Å². The highest BCUT2D eigenvalue weighted by Gasteiger charge is 2.54. The largest absolute Gasteiger partial charge is 0.463 e. The van der Waals surface area contributed by atoms with Crippen LogP contribution in [0.1, 0.15) is 27.0 Å². The van der Waals surface area contributed by atoms with Crippen molar-refractivity contribution in [3.8, 4) is 0 Å². The molecule has 0 radical (unpaired) electrons. The number of aromatic nitrogens is 2. The smallest absolute Gasteiger partial charge is 0.359 e. The van der Waals surface area contributed by atoms with E-state index in [0.717, 1.165) is 24.7 Å². The number of hydrogen-bond acceptors (Lipinski definition) is 10. The Labute approximate surface area is 161 Å². The van der Waals surface area contributed by atoms with E-state index in [-0.39, 0.29) is 11.2 Å². The van der Waals surface area contributed by atoms with Crippen LogP contribution < -0.4 is 0 Å². The van der Waals surface area contributed by atoms with Gasteiger partial charge in [-0.05, 0) is 20.9 Å². The second-order valence-electron chi connectivity index (χ2n) is 5.54. The number of carbonyl (C=O) groups excluding carboxylic acids is 3. The molecule has 12 nitrogen and oxygen atoms in total. The molecule has 0 aliphatic carbocycles. The average Bonchev–Trinajstić information content (AvgIpc) is 3.06. The van der Waals surface area contributed by atoms with Gasteiger partial charge >= 0.3 is 23.7 Å². The predicted octanol–water partition coefficient (Wildman–Crippen LogP) is 0.878. The lowest BCUT2D eigenvalue weighted by atomic mass is 10.1. The van der Waals surface area contributed by atoms with Gasteiger partial charge in [0, 0.05) is 20.8 Å². The van der Waals surface area contributed by atoms with Crippen molar-refractivity contribution < 1.29 is 38.3 Å². The van der Waals surface area contributed by atoms with Gasteiger partial charge in [0.05, 0.1) is 0 Å². The summed E-state index contributed by atoms with van der Waals surface area (Å²) >= 11 is 2.96. The van der Waals surface area contributed by atoms with E-state index in [1.54, 1.807) is 0 Å². The third-order valence-corrected chi connectivity index (χ3v) is 4.07. The third-order valence-electron chi connectivity index (χ3n) is 3.51. The van der Waals surface area contributed by atoms with E-state index in [1.807, 2.05) is 0 Å². The van der Waals surface area contributed by atoms with Gasteiger partial charge in [0.2, 0.25) is 16.9 Å². The van der Waals surface area contributed by atoms with Crippen LogP contribution in [0.2, 0.25) is 0 Å². The van der Waals surface area contributed by atoms with Crippen molar-refractivity contribution in [3.05, 3.63) is 21.0 Å². The van der Waals surface area contributed by atoms with Crippen molar-refractivity contribution >= 4 is 39.7 Å². The number of imidazole rings is 1. The van der Waals surface area contributed by atoms with Crippen LogP contribution in [0.5, 0.6) is 0 Å². The van der Waals surface area contributed by atoms with E-state index in [4.69, 9.17) is 18.9 Å². The van der Waals surface area contributed by atoms with Gasteiger partial charge in [0.1, 0.15) is 12.7 Å². The molecule has 1 aromatic rings. The van der Waals surface area contributed by atoms with Crippen LogP contribution in [0.25, 0.3) is 0 Å². The average molecular weight is 450 g/mol. The minimum absolute atomic E-state index is 0.0647. The van der Waals surface area contributed by atoms with Crippen molar-refractivity contribution in [2.24, 2.45) is 0 Å². The molecule has 1 aliphatic rings. The molecular weight excluding hydrogens is 434 g/mol. The van der Waals surface area contributed by atoms with E-state index in [1.165, 1.54) is 6.92 Å². The van der Waals surface area contributed by atoms with Gasteiger partial charge in [0.25, 0.3) is 0 Å². The monoisotopic (exact) mass is 449 g/mol. The maximum atomic E-state index is 11.5. The van der Waals surface area contributed by atoms with E-state index in [0.29, 0.717) is 0 Å². The van der Waals surface area contributed by atoms with Crippen LogP contribution in [0.15, 0.2) is 10.9 Å². The highest BCUT2D eigenvalue weighted by molar-refractivity contribution is 9.10. The Balaban J connectivity index is 2.44. The Morgan fingerprint density at radius 1 is 1.22 bits per heavy atom. The topological polar surface area (TPSA) is 149 Å². The number of nitro groups is 1. The van der Waals surface area contributed by atoms with Crippen LogP contribution in [-0.4, -0.2) is 57.3 Å². The molecular formula is C14H16BrN3O9. The number of ether oxygens (including phenoxy) is 4. The molecule has 1 fully saturated rings. The van der Waals surface area contributed by atoms with Crippen molar-refractivity contribution in [1.82, 2.24) is 9.55 Å². The molecule has 0 N–H and O–H groups in total. The number of carbonyl (C=O) groups is 3. The number of esters is 3. The first-order valence-corrected chi connectivity index (χ1v) is 8.41. The van der Waals surface area contributed by atoms with Gasteiger partial charge in [-0.1, -0.05) is 0 Å². The fourth-order valence-corrected chi connectivity index (χ4v) is 3.05. The SMILES string of the molecule is CC(=O)OC[C@H]1O[C@@H](n2cnc(Br)c2[N+](=O)[O-])[C@@H](OC(C)=O)[C@@H]1OC(C)=O. The zero-order valence-electron chi connectivity index (χ0n) is 14.5. The molecule has 0 spiro atoms. The lowest BCUT2D eigenvalue weighted by Gasteiger charge is -2.22. The fraction of sp³-hybridized carbons (Fsp3) is 0.571. The Morgan fingerprint density at radius 2 is 1.81 bits per heavy atom. The van der Waals surface area contributed by atoms with Crippen molar-refractivity contribution in [3.63, 3.8) is 0 Å². The summed E-state index contributed by atoms with van der Waals surface area (Å²) in [5.74, 6) is -2.48. The fourth-order valence-electron chi connectivity index (χ4n) is 2.60. The highest BCUT2D eigenvalue weighted by atomic mass is 79.9. The summed E-state index contributed by atoms with van der Waals surface area (Å²) in [6, 6.07) is 0. The number of rotatable bonds is 6. The van der Waals surface area contributed by atoms with Gasteiger partial charge in [-0.25, -0.2) is 4.98 Å². The van der Waals surface area contributed by atoms with Gasteiger partial charge in [0.15, 0.2) is 12.4 Å². The molecule has 13 heteroatoms. The first kappa shape index (κ1) is 20.8. The Kier molecular flexibility index (Phi) is 6.49. The summed E-state index contributed by atoms with van der Waals surface area (Å²) in [7, 11) is 0. The molecule has 0 bridgehead atoms. The van der Waals surface area contributed by atoms with Gasteiger partial charge in [-0.2, -0.15) is 4.57 Å². The second kappa shape index (κ2) is 8.43. The van der Waals surface area contributed by atoms with Crippen molar-refractivity contribution in [2.75, 3.05) is 6.61 Å². The Morgan fingerprint density at radius 3 is 2.33 bits per heavy atom. The summed E-state index contributed by atoms with van der Waals surface area (Å²) in [5, 5.41) is 11.3. The molecule has 27 heavy (non-hydrogen) atoms. The van der Waals surface area contributed by atoms with E-state index < -0.39 is 53.2 Å². The van der Waals surface area contributed by atoms with Crippen molar-refractivity contribution in [2.45, 2.75) is 45.3 Å². The summed E-state index contributed by atoms with van der Waals surface area (Å²) < 4.78 is 21.9. The standard InChI is InChI=1S/C14H16BrN3O9/c1-6(19)24-4-9-10(25-7(2)20)11(26-8(3)21)14(27-9)17-5-16-12(15)13(17)18(22)23/h5,9-11,14H,4H2,1-3H3/t9-,10-,11+,14-/m1/s1. The summed E-state index contributed by atoms with van der Waals surface area (Å²) in [6.45, 7) is 3.12. The molecule has 1 aromatic heterocycles. The molecule has 0 unspecified atom stereocenters. The van der Waals surface area contributed by atoms with Crippen LogP contribution in [0.3, 0.4) is 0 Å². The zero-order chi connectivity index (χ0) is 20.3. The molecule has 0 saturated carbocycles. The van der Waals surface area contributed by atoms with Crippen molar-refractivity contribution in [1.29, 1.82) is 0 Å². The quantitative estimate of drug-likeness (QED) is 0.265. The second-order valence-corrected chi connectivity index (χ2v) is 6.29. The third kappa shape index (κ3) is 4.80. The van der Waals surface area contributed by atoms with Gasteiger partial charge in [-0.15, -0.1) is 0 Å². The molecule has 1 aliphatic heterocycles. The molecule has 0 amide bonds. The predicted molar refractivity (Wildman–Crippen MR) is 88.2 cm³/mol. The maximum Gasteiger partial charge on any atom is 0.359 e. The minimum atomic E-state index is -1.24. The van der Waals surface area contributed by atoms with Gasteiger partial charge in [-0.3, -0.25) is 14.4 Å². The molecule has 4 atom stereocenters. The first-order valence-electron chi connectivity index (χ1n) is 7.61. The maximum absolute atomic E-state index is 11.5. The Bertz CT molecular complexity index is 765. The number of halogens is 1. The molecule has 1 saturated heterocycles. The molecule has 2 rings (SSSR count). The lowest BCUT2D eigenvalue weighted by Crippen LogP contribution is -2.40. The highest BCUT2D eigenvalue weighted by Crippen LogP contribution is 2.38. The van der Waals surface area contributed by atoms with Crippen LogP contribution in [0.4, 0.5) is 5.82 Å². The van der Waals surface area contributed by atoms with E-state index in [2.05, 4.69) is 20.9 Å². The summed E-state index contributed by atoms with van der Waals surface area (Å²) in [6.07, 6.45) is -3.53. The molecule has 2 heterocycles. The number of hydrogen-bond donors (Lipinski definition) is 0. The lowest BCUT2D eigenvalue weighted by molar-refractivity contribution is -0.395. The first-order chi connectivity index (χ1) is 12.6. The zero-order valence-corrected chi connectivity index (χ0v) is 16.1. The van der Waals surface area contributed by atoms with Crippen LogP contribution in [-0.2, 0) is 33.3 Å². The van der Waals surface area contributed by atoms with E-state index in [9.17, 15) is 24.5 Å². The summed E-state index contributed by atoms with van der Waals surface area (Å²) in [5.41, 5.74) is 0. The number of nitrogens with zero attached hydrogens (tertiary/aromatic N) is 3.